The van der Waals surface area contributed by atoms with E-state index in [-0.39, 0.29) is 5.75 Å². The molecule has 1 saturated heterocycles. The number of hydrogen-bond donors (Lipinski definition) is 2. The normalized spacial score (nSPS) is 17.7. The molecule has 0 radical (unpaired) electrons. The molecular formula is C13H28N2O3S. The Morgan fingerprint density at radius 1 is 1.21 bits per heavy atom. The van der Waals surface area contributed by atoms with Crippen LogP contribution in [-0.2, 0) is 14.8 Å². The molecule has 0 aliphatic carbocycles. The minimum atomic E-state index is -3.08. The fourth-order valence-corrected chi connectivity index (χ4v) is 3.58. The molecule has 1 aliphatic heterocycles. The lowest BCUT2D eigenvalue weighted by molar-refractivity contribution is 0.192. The first-order valence-corrected chi connectivity index (χ1v) is 8.96. The summed E-state index contributed by atoms with van der Waals surface area (Å²) in [6.07, 6.45) is 5.88. The van der Waals surface area contributed by atoms with Gasteiger partial charge in [-0.25, -0.2) is 13.1 Å². The summed E-state index contributed by atoms with van der Waals surface area (Å²) >= 11 is 0. The average Bonchev–Trinajstić information content (AvgIpc) is 2.42. The van der Waals surface area contributed by atoms with Crippen LogP contribution in [0.1, 0.15) is 38.5 Å². The van der Waals surface area contributed by atoms with Crippen LogP contribution >= 0.6 is 0 Å². The van der Waals surface area contributed by atoms with Gasteiger partial charge in [-0.2, -0.15) is 0 Å². The van der Waals surface area contributed by atoms with Crippen LogP contribution in [0, 0.1) is 5.92 Å². The second-order valence-corrected chi connectivity index (χ2v) is 7.18. The van der Waals surface area contributed by atoms with Crippen LogP contribution in [0.2, 0.25) is 0 Å². The Hall–Kier alpha value is -0.170. The Morgan fingerprint density at radius 3 is 2.63 bits per heavy atom. The molecular weight excluding hydrogens is 264 g/mol. The molecule has 0 aromatic heterocycles. The van der Waals surface area contributed by atoms with E-state index in [1.807, 2.05) is 0 Å². The minimum absolute atomic E-state index is 0.274. The van der Waals surface area contributed by atoms with Gasteiger partial charge < -0.3 is 10.1 Å². The second kappa shape index (κ2) is 9.69. The Morgan fingerprint density at radius 2 is 1.95 bits per heavy atom. The van der Waals surface area contributed by atoms with E-state index in [9.17, 15) is 8.42 Å². The molecule has 1 heterocycles. The number of piperidine rings is 1. The summed E-state index contributed by atoms with van der Waals surface area (Å²) in [5, 5.41) is 3.30. The number of ether oxygens (including phenoxy) is 1. The van der Waals surface area contributed by atoms with Gasteiger partial charge in [-0.05, 0) is 57.5 Å². The smallest absolute Gasteiger partial charge is 0.211 e. The van der Waals surface area contributed by atoms with E-state index in [2.05, 4.69) is 10.0 Å². The molecule has 0 unspecified atom stereocenters. The second-order valence-electron chi connectivity index (χ2n) is 5.25. The summed E-state index contributed by atoms with van der Waals surface area (Å²) in [6, 6.07) is 0. The number of rotatable bonds is 10. The topological polar surface area (TPSA) is 67.4 Å². The molecule has 1 aliphatic rings. The molecule has 0 bridgehead atoms. The van der Waals surface area contributed by atoms with E-state index in [0.717, 1.165) is 58.2 Å². The molecule has 6 heteroatoms. The third kappa shape index (κ3) is 8.57. The highest BCUT2D eigenvalue weighted by molar-refractivity contribution is 7.89. The van der Waals surface area contributed by atoms with E-state index < -0.39 is 10.0 Å². The highest BCUT2D eigenvalue weighted by Crippen LogP contribution is 2.16. The number of sulfonamides is 1. The Kier molecular flexibility index (Phi) is 8.61. The van der Waals surface area contributed by atoms with Gasteiger partial charge in [-0.15, -0.1) is 0 Å². The van der Waals surface area contributed by atoms with Crippen molar-refractivity contribution < 1.29 is 13.2 Å². The van der Waals surface area contributed by atoms with E-state index in [1.165, 1.54) is 0 Å². The summed E-state index contributed by atoms with van der Waals surface area (Å²) in [5.41, 5.74) is 0. The Labute approximate surface area is 117 Å². The molecule has 0 aromatic rings. The average molecular weight is 292 g/mol. The summed E-state index contributed by atoms with van der Waals surface area (Å²) in [4.78, 5) is 0. The fraction of sp³-hybridized carbons (Fsp3) is 1.00. The molecule has 1 rings (SSSR count). The Balaban J connectivity index is 2.06. The first kappa shape index (κ1) is 16.9. The molecule has 19 heavy (non-hydrogen) atoms. The summed E-state index contributed by atoms with van der Waals surface area (Å²) < 4.78 is 31.3. The molecule has 1 fully saturated rings. The standard InChI is InChI=1S/C13H28N2O3S/c1-18-11-4-2-3-8-15-19(16,17)12-7-13-5-9-14-10-6-13/h13-15H,2-12H2,1H3. The van der Waals surface area contributed by atoms with Gasteiger partial charge >= 0.3 is 0 Å². The van der Waals surface area contributed by atoms with Gasteiger partial charge in [-0.1, -0.05) is 0 Å². The van der Waals surface area contributed by atoms with Crippen LogP contribution in [0.5, 0.6) is 0 Å². The predicted octanol–water partition coefficient (Wildman–Crippen LogP) is 1.11. The molecule has 114 valence electrons. The number of hydrogen-bond acceptors (Lipinski definition) is 4. The lowest BCUT2D eigenvalue weighted by Crippen LogP contribution is -2.31. The zero-order valence-corrected chi connectivity index (χ0v) is 12.8. The predicted molar refractivity (Wildman–Crippen MR) is 77.7 cm³/mol. The lowest BCUT2D eigenvalue weighted by atomic mass is 9.96. The van der Waals surface area contributed by atoms with Gasteiger partial charge in [-0.3, -0.25) is 0 Å². The van der Waals surface area contributed by atoms with Crippen molar-refractivity contribution >= 4 is 10.0 Å². The number of methoxy groups -OCH3 is 1. The highest BCUT2D eigenvalue weighted by Gasteiger charge is 2.17. The monoisotopic (exact) mass is 292 g/mol. The highest BCUT2D eigenvalue weighted by atomic mass is 32.2. The van der Waals surface area contributed by atoms with Crippen LogP contribution in [0.4, 0.5) is 0 Å². The van der Waals surface area contributed by atoms with Crippen molar-refractivity contribution in [3.05, 3.63) is 0 Å². The zero-order chi connectivity index (χ0) is 14.0. The van der Waals surface area contributed by atoms with Crippen molar-refractivity contribution in [2.45, 2.75) is 38.5 Å². The number of unbranched alkanes of at least 4 members (excludes halogenated alkanes) is 2. The third-order valence-electron chi connectivity index (χ3n) is 3.60. The third-order valence-corrected chi connectivity index (χ3v) is 5.02. The maximum absolute atomic E-state index is 11.8. The SMILES string of the molecule is COCCCCCNS(=O)(=O)CCC1CCNCC1. The van der Waals surface area contributed by atoms with Crippen LogP contribution in [-0.4, -0.2) is 47.5 Å². The van der Waals surface area contributed by atoms with E-state index >= 15 is 0 Å². The molecule has 2 N–H and O–H groups in total. The van der Waals surface area contributed by atoms with Crippen molar-refractivity contribution in [1.82, 2.24) is 10.0 Å². The van der Waals surface area contributed by atoms with Crippen molar-refractivity contribution in [2.75, 3.05) is 39.1 Å². The summed E-state index contributed by atoms with van der Waals surface area (Å²) in [7, 11) is -1.39. The maximum atomic E-state index is 11.8. The fourth-order valence-electron chi connectivity index (χ4n) is 2.34. The van der Waals surface area contributed by atoms with Crippen molar-refractivity contribution in [3.8, 4) is 0 Å². The summed E-state index contributed by atoms with van der Waals surface area (Å²) in [5.74, 6) is 0.843. The Bertz CT molecular complexity index is 314. The molecule has 0 aromatic carbocycles. The molecule has 0 atom stereocenters. The van der Waals surface area contributed by atoms with Crippen molar-refractivity contribution in [2.24, 2.45) is 5.92 Å². The van der Waals surface area contributed by atoms with Crippen molar-refractivity contribution in [3.63, 3.8) is 0 Å². The first-order chi connectivity index (χ1) is 9.14. The van der Waals surface area contributed by atoms with E-state index in [0.29, 0.717) is 12.5 Å². The zero-order valence-electron chi connectivity index (χ0n) is 12.0. The van der Waals surface area contributed by atoms with Gasteiger partial charge in [0.2, 0.25) is 10.0 Å². The van der Waals surface area contributed by atoms with Crippen LogP contribution in [0.15, 0.2) is 0 Å². The van der Waals surface area contributed by atoms with Crippen LogP contribution in [0.25, 0.3) is 0 Å². The molecule has 0 amide bonds. The van der Waals surface area contributed by atoms with E-state index in [4.69, 9.17) is 4.74 Å². The van der Waals surface area contributed by atoms with Gasteiger partial charge in [0.15, 0.2) is 0 Å². The maximum Gasteiger partial charge on any atom is 0.211 e. The van der Waals surface area contributed by atoms with Crippen molar-refractivity contribution in [1.29, 1.82) is 0 Å². The quantitative estimate of drug-likeness (QED) is 0.592. The molecule has 5 nitrogen and oxygen atoms in total. The van der Waals surface area contributed by atoms with Gasteiger partial charge in [0.05, 0.1) is 5.75 Å². The first-order valence-electron chi connectivity index (χ1n) is 7.31. The number of nitrogens with one attached hydrogen (secondary N) is 2. The molecule has 0 saturated carbocycles. The lowest BCUT2D eigenvalue weighted by Gasteiger charge is -2.22. The largest absolute Gasteiger partial charge is 0.385 e. The van der Waals surface area contributed by atoms with Gasteiger partial charge in [0.1, 0.15) is 0 Å². The molecule has 0 spiro atoms. The van der Waals surface area contributed by atoms with Gasteiger partial charge in [0.25, 0.3) is 0 Å². The van der Waals surface area contributed by atoms with Crippen LogP contribution in [0.3, 0.4) is 0 Å². The van der Waals surface area contributed by atoms with E-state index in [1.54, 1.807) is 7.11 Å². The van der Waals surface area contributed by atoms with Crippen LogP contribution < -0.4 is 10.0 Å². The summed E-state index contributed by atoms with van der Waals surface area (Å²) in [6.45, 7) is 3.36. The minimum Gasteiger partial charge on any atom is -0.385 e. The van der Waals surface area contributed by atoms with Gasteiger partial charge in [0, 0.05) is 20.3 Å².